The van der Waals surface area contributed by atoms with Crippen LogP contribution in [0.25, 0.3) is 0 Å². The SMILES string of the molecule is COc1cccc(CC(=O)N2CCCC2c2noc(COc3ccc(F)cc3)n2)c1. The molecule has 3 aromatic rings. The molecule has 2 heterocycles. The van der Waals surface area contributed by atoms with E-state index in [1.165, 1.54) is 24.3 Å². The van der Waals surface area contributed by atoms with E-state index in [1.807, 2.05) is 24.3 Å². The summed E-state index contributed by atoms with van der Waals surface area (Å²) >= 11 is 0. The van der Waals surface area contributed by atoms with Gasteiger partial charge in [-0.05, 0) is 54.8 Å². The molecule has 1 aliphatic rings. The number of rotatable bonds is 7. The average Bonchev–Trinajstić information content (AvgIpc) is 3.43. The Labute approximate surface area is 173 Å². The van der Waals surface area contributed by atoms with Gasteiger partial charge in [-0.2, -0.15) is 4.98 Å². The molecule has 1 aromatic heterocycles. The highest BCUT2D eigenvalue weighted by Crippen LogP contribution is 2.31. The van der Waals surface area contributed by atoms with Gasteiger partial charge in [0, 0.05) is 6.54 Å². The fourth-order valence-electron chi connectivity index (χ4n) is 3.53. The minimum atomic E-state index is -0.331. The van der Waals surface area contributed by atoms with E-state index in [0.29, 0.717) is 24.0 Å². The second-order valence-corrected chi connectivity index (χ2v) is 7.06. The zero-order valence-corrected chi connectivity index (χ0v) is 16.6. The normalized spacial score (nSPS) is 15.9. The number of methoxy groups -OCH3 is 1. The number of halogens is 1. The van der Waals surface area contributed by atoms with Crippen LogP contribution in [0.3, 0.4) is 0 Å². The monoisotopic (exact) mass is 411 g/mol. The maximum atomic E-state index is 13.0. The quantitative estimate of drug-likeness (QED) is 0.590. The largest absolute Gasteiger partial charge is 0.497 e. The molecule has 1 amide bonds. The molecule has 4 rings (SSSR count). The summed E-state index contributed by atoms with van der Waals surface area (Å²) in [7, 11) is 1.60. The molecule has 0 spiro atoms. The van der Waals surface area contributed by atoms with Crippen molar-refractivity contribution in [2.24, 2.45) is 0 Å². The van der Waals surface area contributed by atoms with Crippen LogP contribution >= 0.6 is 0 Å². The molecule has 7 nitrogen and oxygen atoms in total. The third kappa shape index (κ3) is 4.59. The molecule has 1 unspecified atom stereocenters. The molecule has 0 aliphatic carbocycles. The highest BCUT2D eigenvalue weighted by Gasteiger charge is 2.33. The molecule has 0 radical (unpaired) electrons. The van der Waals surface area contributed by atoms with Gasteiger partial charge >= 0.3 is 0 Å². The number of carbonyl (C=O) groups excluding carboxylic acids is 1. The zero-order chi connectivity index (χ0) is 20.9. The molecule has 8 heteroatoms. The summed E-state index contributed by atoms with van der Waals surface area (Å²) in [6.07, 6.45) is 1.94. The van der Waals surface area contributed by atoms with Crippen LogP contribution in [0.15, 0.2) is 53.1 Å². The van der Waals surface area contributed by atoms with Crippen molar-refractivity contribution >= 4 is 5.91 Å². The maximum absolute atomic E-state index is 13.0. The van der Waals surface area contributed by atoms with E-state index in [2.05, 4.69) is 10.1 Å². The van der Waals surface area contributed by atoms with Crippen LogP contribution in [-0.2, 0) is 17.8 Å². The zero-order valence-electron chi connectivity index (χ0n) is 16.6. The van der Waals surface area contributed by atoms with Gasteiger partial charge < -0.3 is 18.9 Å². The summed E-state index contributed by atoms with van der Waals surface area (Å²) in [6, 6.07) is 13.0. The summed E-state index contributed by atoms with van der Waals surface area (Å²) < 4.78 is 29.0. The average molecular weight is 411 g/mol. The summed E-state index contributed by atoms with van der Waals surface area (Å²) in [4.78, 5) is 19.1. The van der Waals surface area contributed by atoms with Crippen LogP contribution in [-0.4, -0.2) is 34.6 Å². The van der Waals surface area contributed by atoms with Crippen molar-refractivity contribution in [3.05, 3.63) is 71.6 Å². The van der Waals surface area contributed by atoms with Crippen molar-refractivity contribution in [1.29, 1.82) is 0 Å². The molecule has 0 N–H and O–H groups in total. The Kier molecular flexibility index (Phi) is 5.92. The highest BCUT2D eigenvalue weighted by atomic mass is 19.1. The lowest BCUT2D eigenvalue weighted by Gasteiger charge is -2.22. The van der Waals surface area contributed by atoms with E-state index in [0.717, 1.165) is 24.2 Å². The van der Waals surface area contributed by atoms with Crippen molar-refractivity contribution in [1.82, 2.24) is 15.0 Å². The van der Waals surface area contributed by atoms with E-state index in [-0.39, 0.29) is 30.8 Å². The number of benzene rings is 2. The van der Waals surface area contributed by atoms with Gasteiger partial charge in [0.15, 0.2) is 12.4 Å². The summed E-state index contributed by atoms with van der Waals surface area (Å²) in [5.41, 5.74) is 0.895. The Bertz CT molecular complexity index is 1010. The Balaban J connectivity index is 1.39. The summed E-state index contributed by atoms with van der Waals surface area (Å²) in [5.74, 6) is 1.70. The fraction of sp³-hybridized carbons (Fsp3) is 0.318. The van der Waals surface area contributed by atoms with Crippen LogP contribution in [0.1, 0.15) is 36.2 Å². The first-order valence-electron chi connectivity index (χ1n) is 9.75. The molecule has 30 heavy (non-hydrogen) atoms. The number of amides is 1. The van der Waals surface area contributed by atoms with Gasteiger partial charge in [-0.25, -0.2) is 4.39 Å². The number of ether oxygens (including phenoxy) is 2. The molecule has 1 atom stereocenters. The Morgan fingerprint density at radius 1 is 1.23 bits per heavy atom. The lowest BCUT2D eigenvalue weighted by Crippen LogP contribution is -2.32. The highest BCUT2D eigenvalue weighted by molar-refractivity contribution is 5.79. The number of aromatic nitrogens is 2. The van der Waals surface area contributed by atoms with Crippen molar-refractivity contribution in [2.45, 2.75) is 31.9 Å². The van der Waals surface area contributed by atoms with E-state index in [9.17, 15) is 9.18 Å². The maximum Gasteiger partial charge on any atom is 0.264 e. The minimum Gasteiger partial charge on any atom is -0.497 e. The lowest BCUT2D eigenvalue weighted by atomic mass is 10.1. The predicted octanol–water partition coefficient (Wildman–Crippen LogP) is 3.70. The van der Waals surface area contributed by atoms with Gasteiger partial charge in [-0.3, -0.25) is 4.79 Å². The second kappa shape index (κ2) is 8.94. The topological polar surface area (TPSA) is 77.7 Å². The second-order valence-electron chi connectivity index (χ2n) is 7.06. The van der Waals surface area contributed by atoms with Gasteiger partial charge in [-0.1, -0.05) is 17.3 Å². The van der Waals surface area contributed by atoms with Gasteiger partial charge in [0.05, 0.1) is 19.6 Å². The Morgan fingerprint density at radius 2 is 2.07 bits per heavy atom. The number of hydrogen-bond acceptors (Lipinski definition) is 6. The van der Waals surface area contributed by atoms with Gasteiger partial charge in [0.25, 0.3) is 5.89 Å². The third-order valence-corrected chi connectivity index (χ3v) is 5.02. The number of likely N-dealkylation sites (tertiary alicyclic amines) is 1. The standard InChI is InChI=1S/C22H22FN3O4/c1-28-18-5-2-4-15(12-18)13-21(27)26-11-3-6-19(26)22-24-20(30-25-22)14-29-17-9-7-16(23)8-10-17/h2,4-5,7-10,12,19H,3,6,11,13-14H2,1H3. The molecule has 156 valence electrons. The first-order chi connectivity index (χ1) is 14.6. The third-order valence-electron chi connectivity index (χ3n) is 5.02. The minimum absolute atomic E-state index is 0.0136. The fourth-order valence-corrected chi connectivity index (χ4v) is 3.53. The summed E-state index contributed by atoms with van der Waals surface area (Å²) in [5, 5.41) is 4.05. The van der Waals surface area contributed by atoms with Crippen LogP contribution < -0.4 is 9.47 Å². The van der Waals surface area contributed by atoms with E-state index >= 15 is 0 Å². The van der Waals surface area contributed by atoms with Crippen molar-refractivity contribution < 1.29 is 23.2 Å². The molecule has 1 fully saturated rings. The predicted molar refractivity (Wildman–Crippen MR) is 105 cm³/mol. The molecular weight excluding hydrogens is 389 g/mol. The Morgan fingerprint density at radius 3 is 2.87 bits per heavy atom. The molecule has 0 saturated carbocycles. The van der Waals surface area contributed by atoms with Gasteiger partial charge in [-0.15, -0.1) is 0 Å². The number of hydrogen-bond donors (Lipinski definition) is 0. The number of nitrogens with zero attached hydrogens (tertiary/aromatic N) is 3. The molecule has 1 saturated heterocycles. The van der Waals surface area contributed by atoms with E-state index < -0.39 is 0 Å². The molecule has 1 aliphatic heterocycles. The lowest BCUT2D eigenvalue weighted by molar-refractivity contribution is -0.131. The van der Waals surface area contributed by atoms with Crippen LogP contribution in [0.4, 0.5) is 4.39 Å². The van der Waals surface area contributed by atoms with E-state index in [1.54, 1.807) is 12.0 Å². The van der Waals surface area contributed by atoms with Gasteiger partial charge in [0.2, 0.25) is 5.91 Å². The van der Waals surface area contributed by atoms with Crippen molar-refractivity contribution in [2.75, 3.05) is 13.7 Å². The molecule has 2 aromatic carbocycles. The molecular formula is C22H22FN3O4. The van der Waals surface area contributed by atoms with Crippen LogP contribution in [0.5, 0.6) is 11.5 Å². The van der Waals surface area contributed by atoms with E-state index in [4.69, 9.17) is 14.0 Å². The first kappa shape index (κ1) is 19.9. The molecule has 0 bridgehead atoms. The van der Waals surface area contributed by atoms with Crippen molar-refractivity contribution in [3.63, 3.8) is 0 Å². The van der Waals surface area contributed by atoms with Gasteiger partial charge in [0.1, 0.15) is 17.3 Å². The summed E-state index contributed by atoms with van der Waals surface area (Å²) in [6.45, 7) is 0.729. The Hall–Kier alpha value is -3.42. The van der Waals surface area contributed by atoms with Crippen LogP contribution in [0, 0.1) is 5.82 Å². The number of carbonyl (C=O) groups is 1. The van der Waals surface area contributed by atoms with Crippen LogP contribution in [0.2, 0.25) is 0 Å². The smallest absolute Gasteiger partial charge is 0.264 e. The van der Waals surface area contributed by atoms with Crippen molar-refractivity contribution in [3.8, 4) is 11.5 Å². The first-order valence-corrected chi connectivity index (χ1v) is 9.75.